The molecule has 0 aromatic heterocycles. The lowest BCUT2D eigenvalue weighted by Crippen LogP contribution is -2.77. The third-order valence-electron chi connectivity index (χ3n) is 8.26. The van der Waals surface area contributed by atoms with E-state index in [9.17, 15) is 15.3 Å². The Balaban J connectivity index is 1.52. The van der Waals surface area contributed by atoms with Gasteiger partial charge in [0.05, 0.1) is 17.1 Å². The summed E-state index contributed by atoms with van der Waals surface area (Å²) < 4.78 is 6.16. The highest BCUT2D eigenvalue weighted by molar-refractivity contribution is 5.62. The highest BCUT2D eigenvalue weighted by Crippen LogP contribution is 2.65. The van der Waals surface area contributed by atoms with Crippen molar-refractivity contribution in [3.05, 3.63) is 23.3 Å². The van der Waals surface area contributed by atoms with E-state index in [-0.39, 0.29) is 11.8 Å². The zero-order valence-electron chi connectivity index (χ0n) is 15.0. The van der Waals surface area contributed by atoms with Crippen LogP contribution in [0.25, 0.3) is 0 Å². The number of hydrogen-bond acceptors (Lipinski definition) is 5. The number of piperidine rings is 1. The fourth-order valence-corrected chi connectivity index (χ4v) is 6.83. The molecule has 5 atom stereocenters. The number of likely N-dealkylation sites (tertiary alicyclic amines) is 1. The molecule has 5 aliphatic rings. The number of aromatic hydroxyl groups is 1. The normalized spacial score (nSPS) is 43.5. The first-order valence-corrected chi connectivity index (χ1v) is 10.2. The van der Waals surface area contributed by atoms with Gasteiger partial charge >= 0.3 is 0 Å². The molecular formula is C21H27NO4. The lowest BCUT2D eigenvalue weighted by atomic mass is 9.48. The first-order valence-electron chi connectivity index (χ1n) is 10.2. The number of aliphatic hydroxyl groups is 2. The van der Waals surface area contributed by atoms with E-state index in [1.165, 1.54) is 24.8 Å². The Kier molecular flexibility index (Phi) is 2.99. The average Bonchev–Trinajstić information content (AvgIpc) is 2.93. The van der Waals surface area contributed by atoms with Gasteiger partial charge in [-0.3, -0.25) is 4.90 Å². The smallest absolute Gasteiger partial charge is 0.165 e. The summed E-state index contributed by atoms with van der Waals surface area (Å²) in [7, 11) is 0. The number of hydrogen-bond donors (Lipinski definition) is 3. The molecule has 1 aromatic rings. The summed E-state index contributed by atoms with van der Waals surface area (Å²) in [6.07, 6.45) is 5.68. The predicted octanol–water partition coefficient (Wildman–Crippen LogP) is 1.71. The summed E-state index contributed by atoms with van der Waals surface area (Å²) in [5.74, 6) is 1.42. The van der Waals surface area contributed by atoms with E-state index < -0.39 is 23.2 Å². The molecule has 2 aliphatic heterocycles. The van der Waals surface area contributed by atoms with Gasteiger partial charge in [-0.25, -0.2) is 0 Å². The maximum Gasteiger partial charge on any atom is 0.165 e. The third-order valence-corrected chi connectivity index (χ3v) is 8.26. The molecule has 1 spiro atoms. The molecule has 3 fully saturated rings. The van der Waals surface area contributed by atoms with Crippen molar-refractivity contribution in [1.82, 2.24) is 4.90 Å². The molecule has 2 saturated carbocycles. The Morgan fingerprint density at radius 2 is 2.04 bits per heavy atom. The Bertz CT molecular complexity index is 778. The van der Waals surface area contributed by atoms with Gasteiger partial charge in [0, 0.05) is 18.2 Å². The number of phenols is 1. The average molecular weight is 357 g/mol. The van der Waals surface area contributed by atoms with Crippen LogP contribution in [0.1, 0.15) is 49.7 Å². The van der Waals surface area contributed by atoms with Gasteiger partial charge in [0.25, 0.3) is 0 Å². The lowest BCUT2D eigenvalue weighted by Gasteiger charge is -2.64. The summed E-state index contributed by atoms with van der Waals surface area (Å²) in [6, 6.07) is 3.80. The number of aliphatic hydroxyl groups excluding tert-OH is 1. The Labute approximate surface area is 153 Å². The van der Waals surface area contributed by atoms with Gasteiger partial charge in [-0.15, -0.1) is 0 Å². The predicted molar refractivity (Wildman–Crippen MR) is 95.4 cm³/mol. The Hall–Kier alpha value is -1.30. The van der Waals surface area contributed by atoms with Crippen molar-refractivity contribution in [3.63, 3.8) is 0 Å². The van der Waals surface area contributed by atoms with Crippen molar-refractivity contribution in [2.24, 2.45) is 5.92 Å². The van der Waals surface area contributed by atoms with Crippen molar-refractivity contribution in [2.45, 2.75) is 74.2 Å². The maximum atomic E-state index is 12.1. The van der Waals surface area contributed by atoms with E-state index in [0.29, 0.717) is 18.6 Å². The van der Waals surface area contributed by atoms with Crippen LogP contribution in [-0.2, 0) is 11.8 Å². The fourth-order valence-electron chi connectivity index (χ4n) is 6.83. The summed E-state index contributed by atoms with van der Waals surface area (Å²) >= 11 is 0. The van der Waals surface area contributed by atoms with Gasteiger partial charge in [-0.05, 0) is 62.6 Å². The van der Waals surface area contributed by atoms with Crippen LogP contribution >= 0.6 is 0 Å². The van der Waals surface area contributed by atoms with E-state index in [0.717, 1.165) is 37.4 Å². The first-order chi connectivity index (χ1) is 12.5. The molecule has 3 N–H and O–H groups in total. The number of benzene rings is 1. The number of phenolic OH excluding ortho intramolecular Hbond substituents is 1. The highest BCUT2D eigenvalue weighted by atomic mass is 16.5. The number of ether oxygens (including phenoxy) is 1. The molecular weight excluding hydrogens is 330 g/mol. The lowest BCUT2D eigenvalue weighted by molar-refractivity contribution is -0.209. The minimum Gasteiger partial charge on any atom is -0.504 e. The minimum absolute atomic E-state index is 0.0819. The van der Waals surface area contributed by atoms with E-state index in [1.54, 1.807) is 6.07 Å². The third kappa shape index (κ3) is 1.64. The SMILES string of the molecule is Oc1ccc2c3c1O[C@@H]1C(O)CC[C@]4(O)[C@H](C2)N(CC2CCC2)CC[C@@]314. The summed E-state index contributed by atoms with van der Waals surface area (Å²) in [5, 5.41) is 33.2. The van der Waals surface area contributed by atoms with Gasteiger partial charge < -0.3 is 20.1 Å². The van der Waals surface area contributed by atoms with Crippen LogP contribution in [-0.4, -0.2) is 57.2 Å². The maximum absolute atomic E-state index is 12.1. The molecule has 6 rings (SSSR count). The first kappa shape index (κ1) is 15.7. The zero-order chi connectivity index (χ0) is 17.7. The molecule has 5 nitrogen and oxygen atoms in total. The standard InChI is InChI=1S/C21H27NO4/c23-14-5-4-13-10-16-21(25)7-6-15(24)19-20(21,17(13)18(14)26-19)8-9-22(16)11-12-2-1-3-12/h4-5,12,15-16,19,23-25H,1-3,6-11H2/t15?,16-,19+,20+,21-/m0/s1. The van der Waals surface area contributed by atoms with Crippen molar-refractivity contribution >= 4 is 0 Å². The van der Waals surface area contributed by atoms with Crippen molar-refractivity contribution in [1.29, 1.82) is 0 Å². The van der Waals surface area contributed by atoms with Crippen LogP contribution in [0.3, 0.4) is 0 Å². The summed E-state index contributed by atoms with van der Waals surface area (Å²) in [5.41, 5.74) is 0.712. The Morgan fingerprint density at radius 1 is 1.19 bits per heavy atom. The van der Waals surface area contributed by atoms with Crippen LogP contribution in [0, 0.1) is 5.92 Å². The highest BCUT2D eigenvalue weighted by Gasteiger charge is 2.72. The second-order valence-corrected chi connectivity index (χ2v) is 9.25. The van der Waals surface area contributed by atoms with Gasteiger partial charge in [-0.2, -0.15) is 0 Å². The minimum atomic E-state index is -0.884. The van der Waals surface area contributed by atoms with Crippen molar-refractivity contribution < 1.29 is 20.1 Å². The van der Waals surface area contributed by atoms with E-state index in [4.69, 9.17) is 4.74 Å². The molecule has 2 heterocycles. The van der Waals surface area contributed by atoms with E-state index >= 15 is 0 Å². The molecule has 1 unspecified atom stereocenters. The van der Waals surface area contributed by atoms with Crippen molar-refractivity contribution in [3.8, 4) is 11.5 Å². The number of rotatable bonds is 2. The molecule has 1 aromatic carbocycles. The summed E-state index contributed by atoms with van der Waals surface area (Å²) in [4.78, 5) is 2.53. The van der Waals surface area contributed by atoms with Gasteiger partial charge in [0.15, 0.2) is 11.5 Å². The van der Waals surface area contributed by atoms with Gasteiger partial charge in [-0.1, -0.05) is 12.5 Å². The summed E-state index contributed by atoms with van der Waals surface area (Å²) in [6.45, 7) is 2.02. The topological polar surface area (TPSA) is 73.2 Å². The molecule has 0 radical (unpaired) electrons. The quantitative estimate of drug-likeness (QED) is 0.751. The largest absolute Gasteiger partial charge is 0.504 e. The molecule has 0 amide bonds. The van der Waals surface area contributed by atoms with Crippen LogP contribution in [0.5, 0.6) is 11.5 Å². The van der Waals surface area contributed by atoms with Crippen LogP contribution in [0.15, 0.2) is 12.1 Å². The van der Waals surface area contributed by atoms with Crippen LogP contribution < -0.4 is 4.74 Å². The number of nitrogens with zero attached hydrogens (tertiary/aromatic N) is 1. The zero-order valence-corrected chi connectivity index (χ0v) is 15.0. The molecule has 1 saturated heterocycles. The van der Waals surface area contributed by atoms with Crippen LogP contribution in [0.2, 0.25) is 0 Å². The molecule has 26 heavy (non-hydrogen) atoms. The molecule has 140 valence electrons. The van der Waals surface area contributed by atoms with Gasteiger partial charge in [0.1, 0.15) is 6.10 Å². The molecule has 3 aliphatic carbocycles. The van der Waals surface area contributed by atoms with E-state index in [1.807, 2.05) is 6.07 Å². The van der Waals surface area contributed by atoms with Gasteiger partial charge in [0.2, 0.25) is 0 Å². The second-order valence-electron chi connectivity index (χ2n) is 9.25. The molecule has 5 heteroatoms. The second kappa shape index (κ2) is 4.94. The monoisotopic (exact) mass is 357 g/mol. The van der Waals surface area contributed by atoms with Crippen molar-refractivity contribution in [2.75, 3.05) is 13.1 Å². The Morgan fingerprint density at radius 3 is 2.81 bits per heavy atom. The van der Waals surface area contributed by atoms with Crippen LogP contribution in [0.4, 0.5) is 0 Å². The fraction of sp³-hybridized carbons (Fsp3) is 0.714. The molecule has 2 bridgehead atoms. The van der Waals surface area contributed by atoms with E-state index in [2.05, 4.69) is 4.90 Å².